The Kier molecular flexibility index (Phi) is 8.21. The van der Waals surface area contributed by atoms with E-state index in [1.165, 1.54) is 7.11 Å². The number of hydrogen-bond donors (Lipinski definition) is 3. The topological polar surface area (TPSA) is 106 Å². The van der Waals surface area contributed by atoms with E-state index in [-0.39, 0.29) is 18.5 Å². The Morgan fingerprint density at radius 2 is 1.84 bits per heavy atom. The summed E-state index contributed by atoms with van der Waals surface area (Å²) >= 11 is 1.58. The monoisotopic (exact) mass is 452 g/mol. The van der Waals surface area contributed by atoms with Crippen LogP contribution >= 0.6 is 11.3 Å². The number of ether oxygens (including phenoxy) is 1. The van der Waals surface area contributed by atoms with Gasteiger partial charge in [0.25, 0.3) is 0 Å². The number of alkyl carbamates (subject to hydrolysis) is 1. The quantitative estimate of drug-likeness (QED) is 0.428. The Balaban J connectivity index is 1.84. The Bertz CT molecular complexity index is 1020. The van der Waals surface area contributed by atoms with Crippen LogP contribution in [0.2, 0.25) is 0 Å². The van der Waals surface area contributed by atoms with Crippen molar-refractivity contribution in [3.8, 4) is 0 Å². The van der Waals surface area contributed by atoms with Crippen molar-refractivity contribution in [3.05, 3.63) is 81.8 Å². The minimum absolute atomic E-state index is 0.119. The maximum atomic E-state index is 13.4. The Morgan fingerprint density at radius 1 is 1.12 bits per heavy atom. The molecule has 0 aliphatic rings. The summed E-state index contributed by atoms with van der Waals surface area (Å²) in [6.45, 7) is 2.18. The van der Waals surface area contributed by atoms with E-state index in [0.717, 1.165) is 28.2 Å². The van der Waals surface area contributed by atoms with Gasteiger partial charge in [-0.3, -0.25) is 4.79 Å². The largest absolute Gasteiger partial charge is 0.453 e. The lowest BCUT2D eigenvalue weighted by molar-refractivity contribution is -0.123. The third kappa shape index (κ3) is 6.31. The van der Waals surface area contributed by atoms with Crippen LogP contribution in [0.25, 0.3) is 0 Å². The van der Waals surface area contributed by atoms with Crippen molar-refractivity contribution >= 4 is 29.0 Å². The number of nitrogens with zero attached hydrogens (tertiary/aromatic N) is 1. The summed E-state index contributed by atoms with van der Waals surface area (Å²) in [7, 11) is 1.29. The van der Waals surface area contributed by atoms with Gasteiger partial charge in [0.15, 0.2) is 0 Å². The number of methoxy groups -OCH3 is 1. The van der Waals surface area contributed by atoms with Gasteiger partial charge in [0.05, 0.1) is 29.8 Å². The zero-order valence-electron chi connectivity index (χ0n) is 18.2. The molecule has 0 saturated heterocycles. The molecule has 0 saturated carbocycles. The second-order valence-corrected chi connectivity index (χ2v) is 8.30. The summed E-state index contributed by atoms with van der Waals surface area (Å²) in [5.74, 6) is -0.771. The molecule has 8 heteroatoms. The number of nitrogens with one attached hydrogen (secondary N) is 2. The van der Waals surface area contributed by atoms with Gasteiger partial charge in [0.1, 0.15) is 0 Å². The van der Waals surface area contributed by atoms with E-state index in [0.29, 0.717) is 12.1 Å². The van der Waals surface area contributed by atoms with Gasteiger partial charge in [0.2, 0.25) is 5.91 Å². The number of thiazole rings is 1. The van der Waals surface area contributed by atoms with Crippen molar-refractivity contribution in [1.29, 1.82) is 0 Å². The van der Waals surface area contributed by atoms with Crippen molar-refractivity contribution < 1.29 is 14.3 Å². The van der Waals surface area contributed by atoms with Crippen LogP contribution in [0.4, 0.5) is 10.5 Å². The molecule has 0 aliphatic heterocycles. The van der Waals surface area contributed by atoms with Crippen LogP contribution in [0.5, 0.6) is 0 Å². The first-order chi connectivity index (χ1) is 15.5. The number of carbonyl (C=O) groups is 2. The first kappa shape index (κ1) is 23.3. The molecule has 1 heterocycles. The molecule has 2 atom stereocenters. The standard InChI is InChI=1S/C24H28N4O3S/c1-3-22-27-21(15-32-22)20(13-16-9-11-18(25)12-10-16)28-23(29)19(14-26-24(30)31-2)17-7-5-4-6-8-17/h4-12,15,19-20H,3,13-14,25H2,1-2H3,(H,26,30)(H,28,29)/t19-,20?/m1/s1. The van der Waals surface area contributed by atoms with Gasteiger partial charge in [0, 0.05) is 17.6 Å². The van der Waals surface area contributed by atoms with Gasteiger partial charge in [-0.25, -0.2) is 9.78 Å². The molecule has 3 aromatic rings. The molecule has 1 aromatic heterocycles. The van der Waals surface area contributed by atoms with Crippen molar-refractivity contribution in [3.63, 3.8) is 0 Å². The number of rotatable bonds is 9. The average Bonchev–Trinajstić information content (AvgIpc) is 3.30. The van der Waals surface area contributed by atoms with Crippen LogP contribution in [-0.4, -0.2) is 30.6 Å². The van der Waals surface area contributed by atoms with Crippen molar-refractivity contribution in [2.45, 2.75) is 31.7 Å². The molecule has 3 rings (SSSR count). The molecular weight excluding hydrogens is 424 g/mol. The smallest absolute Gasteiger partial charge is 0.406 e. The summed E-state index contributed by atoms with van der Waals surface area (Å²) in [6.07, 6.45) is 0.831. The summed E-state index contributed by atoms with van der Waals surface area (Å²) in [4.78, 5) is 29.7. The van der Waals surface area contributed by atoms with Crippen LogP contribution in [-0.2, 0) is 22.4 Å². The Morgan fingerprint density at radius 3 is 2.47 bits per heavy atom. The van der Waals surface area contributed by atoms with Gasteiger partial charge in [-0.1, -0.05) is 49.4 Å². The van der Waals surface area contributed by atoms with E-state index < -0.39 is 12.0 Å². The first-order valence-corrected chi connectivity index (χ1v) is 11.3. The van der Waals surface area contributed by atoms with E-state index in [1.54, 1.807) is 11.3 Å². The fourth-order valence-electron chi connectivity index (χ4n) is 3.34. The van der Waals surface area contributed by atoms with E-state index in [4.69, 9.17) is 10.7 Å². The predicted molar refractivity (Wildman–Crippen MR) is 127 cm³/mol. The second kappa shape index (κ2) is 11.3. The predicted octanol–water partition coefficient (Wildman–Crippen LogP) is 3.83. The molecule has 0 bridgehead atoms. The number of nitrogen functional groups attached to an aromatic ring is 1. The van der Waals surface area contributed by atoms with Gasteiger partial charge in [-0.15, -0.1) is 11.3 Å². The number of aromatic nitrogens is 1. The molecule has 4 N–H and O–H groups in total. The molecular formula is C24H28N4O3S. The van der Waals surface area contributed by atoms with Gasteiger partial charge in [-0.2, -0.15) is 0 Å². The maximum absolute atomic E-state index is 13.4. The number of hydrogen-bond acceptors (Lipinski definition) is 6. The third-order valence-electron chi connectivity index (χ3n) is 5.12. The SMILES string of the molecule is CCc1nc(C(Cc2ccc(N)cc2)NC(=O)[C@H](CNC(=O)OC)c2ccccc2)cs1. The van der Waals surface area contributed by atoms with Crippen molar-refractivity contribution in [1.82, 2.24) is 15.6 Å². The molecule has 1 unspecified atom stereocenters. The number of nitrogens with two attached hydrogens (primary N) is 1. The van der Waals surface area contributed by atoms with E-state index >= 15 is 0 Å². The third-order valence-corrected chi connectivity index (χ3v) is 6.13. The first-order valence-electron chi connectivity index (χ1n) is 10.5. The lowest BCUT2D eigenvalue weighted by Gasteiger charge is -2.23. The van der Waals surface area contributed by atoms with E-state index in [2.05, 4.69) is 22.3 Å². The number of amides is 2. The number of aryl methyl sites for hydroxylation is 1. The lowest BCUT2D eigenvalue weighted by atomic mass is 9.96. The second-order valence-electron chi connectivity index (χ2n) is 7.36. The molecule has 0 spiro atoms. The van der Waals surface area contributed by atoms with Crippen LogP contribution in [0.1, 0.15) is 40.7 Å². The number of anilines is 1. The summed E-state index contributed by atoms with van der Waals surface area (Å²) in [6, 6.07) is 16.7. The number of benzene rings is 2. The van der Waals surface area contributed by atoms with Crippen LogP contribution < -0.4 is 16.4 Å². The van der Waals surface area contributed by atoms with Crippen LogP contribution in [0, 0.1) is 0 Å². The highest BCUT2D eigenvalue weighted by atomic mass is 32.1. The normalized spacial score (nSPS) is 12.6. The van der Waals surface area contributed by atoms with Crippen molar-refractivity contribution in [2.24, 2.45) is 0 Å². The summed E-state index contributed by atoms with van der Waals surface area (Å²) in [5.41, 5.74) is 9.18. The highest BCUT2D eigenvalue weighted by Crippen LogP contribution is 2.24. The van der Waals surface area contributed by atoms with Crippen LogP contribution in [0.15, 0.2) is 60.0 Å². The van der Waals surface area contributed by atoms with Gasteiger partial charge in [-0.05, 0) is 36.1 Å². The van der Waals surface area contributed by atoms with E-state index in [9.17, 15) is 9.59 Å². The molecule has 2 aromatic carbocycles. The zero-order chi connectivity index (χ0) is 22.9. The Labute approximate surface area is 192 Å². The molecule has 168 valence electrons. The zero-order valence-corrected chi connectivity index (χ0v) is 19.0. The summed E-state index contributed by atoms with van der Waals surface area (Å²) in [5, 5.41) is 8.81. The van der Waals surface area contributed by atoms with E-state index in [1.807, 2.05) is 60.0 Å². The lowest BCUT2D eigenvalue weighted by Crippen LogP contribution is -2.39. The maximum Gasteiger partial charge on any atom is 0.406 e. The van der Waals surface area contributed by atoms with Crippen LogP contribution in [0.3, 0.4) is 0 Å². The molecule has 7 nitrogen and oxygen atoms in total. The summed E-state index contributed by atoms with van der Waals surface area (Å²) < 4.78 is 4.67. The highest BCUT2D eigenvalue weighted by molar-refractivity contribution is 7.09. The minimum Gasteiger partial charge on any atom is -0.453 e. The molecule has 32 heavy (non-hydrogen) atoms. The molecule has 2 amide bonds. The number of carbonyl (C=O) groups excluding carboxylic acids is 2. The molecule has 0 fully saturated rings. The molecule has 0 aliphatic carbocycles. The van der Waals surface area contributed by atoms with Gasteiger partial charge >= 0.3 is 6.09 Å². The van der Waals surface area contributed by atoms with Gasteiger partial charge < -0.3 is 21.1 Å². The fraction of sp³-hybridized carbons (Fsp3) is 0.292. The molecule has 0 radical (unpaired) electrons. The fourth-order valence-corrected chi connectivity index (χ4v) is 4.14. The average molecular weight is 453 g/mol. The van der Waals surface area contributed by atoms with Crippen molar-refractivity contribution in [2.75, 3.05) is 19.4 Å². The highest BCUT2D eigenvalue weighted by Gasteiger charge is 2.26. The Hall–Kier alpha value is -3.39. The minimum atomic E-state index is -0.579.